The van der Waals surface area contributed by atoms with E-state index in [9.17, 15) is 9.18 Å². The molecule has 0 atom stereocenters. The zero-order valence-electron chi connectivity index (χ0n) is 15.1. The first-order valence-electron chi connectivity index (χ1n) is 8.55. The second kappa shape index (κ2) is 9.61. The predicted molar refractivity (Wildman–Crippen MR) is 107 cm³/mol. The Hall–Kier alpha value is -3.26. The van der Waals surface area contributed by atoms with Crippen LogP contribution < -0.4 is 10.2 Å². The summed E-state index contributed by atoms with van der Waals surface area (Å²) >= 11 is 1.36. The van der Waals surface area contributed by atoms with E-state index in [0.717, 1.165) is 5.56 Å². The van der Waals surface area contributed by atoms with E-state index >= 15 is 0 Å². The van der Waals surface area contributed by atoms with E-state index in [1.54, 1.807) is 42.8 Å². The number of carbonyl (C=O) groups is 1. The number of anilines is 1. The molecule has 0 spiro atoms. The van der Waals surface area contributed by atoms with Crippen LogP contribution in [0.25, 0.3) is 0 Å². The molecular weight excluding hydrogens is 381 g/mol. The third-order valence-electron chi connectivity index (χ3n) is 3.49. The van der Waals surface area contributed by atoms with Gasteiger partial charge < -0.3 is 9.47 Å². The topological polar surface area (TPSA) is 72.8 Å². The molecule has 0 bridgehead atoms. The van der Waals surface area contributed by atoms with Gasteiger partial charge in [-0.15, -0.1) is 11.3 Å². The van der Waals surface area contributed by atoms with Crippen LogP contribution in [0.1, 0.15) is 18.2 Å². The molecule has 0 fully saturated rings. The number of rotatable bonds is 8. The van der Waals surface area contributed by atoms with E-state index in [1.165, 1.54) is 23.5 Å². The van der Waals surface area contributed by atoms with Crippen molar-refractivity contribution in [3.8, 4) is 11.5 Å². The van der Waals surface area contributed by atoms with Gasteiger partial charge in [-0.3, -0.25) is 10.2 Å². The molecule has 28 heavy (non-hydrogen) atoms. The summed E-state index contributed by atoms with van der Waals surface area (Å²) in [6, 6.07) is 13.1. The van der Waals surface area contributed by atoms with Gasteiger partial charge in [-0.1, -0.05) is 0 Å². The van der Waals surface area contributed by atoms with Gasteiger partial charge in [-0.25, -0.2) is 9.37 Å². The molecule has 0 aliphatic carbocycles. The van der Waals surface area contributed by atoms with Gasteiger partial charge in [0, 0.05) is 5.38 Å². The molecule has 0 amide bonds. The molecule has 0 saturated heterocycles. The number of hydrogen-bond acceptors (Lipinski definition) is 7. The van der Waals surface area contributed by atoms with Gasteiger partial charge in [-0.05, 0) is 61.0 Å². The second-order valence-electron chi connectivity index (χ2n) is 5.62. The number of esters is 1. The van der Waals surface area contributed by atoms with Crippen LogP contribution in [0.3, 0.4) is 0 Å². The highest BCUT2D eigenvalue weighted by Gasteiger charge is 2.07. The fourth-order valence-electron chi connectivity index (χ4n) is 2.22. The molecule has 0 aliphatic rings. The Morgan fingerprint density at radius 1 is 1.18 bits per heavy atom. The van der Waals surface area contributed by atoms with Gasteiger partial charge >= 0.3 is 5.97 Å². The van der Waals surface area contributed by atoms with Crippen molar-refractivity contribution in [1.82, 2.24) is 4.98 Å². The van der Waals surface area contributed by atoms with Crippen molar-refractivity contribution in [1.29, 1.82) is 0 Å². The lowest BCUT2D eigenvalue weighted by Crippen LogP contribution is -2.07. The maximum atomic E-state index is 12.9. The lowest BCUT2D eigenvalue weighted by molar-refractivity contribution is -0.142. The number of halogens is 1. The van der Waals surface area contributed by atoms with Crippen molar-refractivity contribution >= 4 is 28.7 Å². The van der Waals surface area contributed by atoms with Crippen LogP contribution >= 0.6 is 11.3 Å². The van der Waals surface area contributed by atoms with Gasteiger partial charge in [0.15, 0.2) is 0 Å². The zero-order valence-corrected chi connectivity index (χ0v) is 15.9. The Morgan fingerprint density at radius 2 is 1.86 bits per heavy atom. The molecule has 1 heterocycles. The fraction of sp³-hybridized carbons (Fsp3) is 0.150. The van der Waals surface area contributed by atoms with Crippen LogP contribution in [-0.4, -0.2) is 23.8 Å². The molecule has 1 N–H and O–H groups in total. The lowest BCUT2D eigenvalue weighted by atomic mass is 10.2. The summed E-state index contributed by atoms with van der Waals surface area (Å²) in [5.41, 5.74) is 4.34. The molecule has 2 aromatic carbocycles. The molecule has 8 heteroatoms. The third-order valence-corrected chi connectivity index (χ3v) is 4.28. The number of thiazole rings is 1. The summed E-state index contributed by atoms with van der Waals surface area (Å²) in [7, 11) is 0. The normalized spacial score (nSPS) is 10.8. The first kappa shape index (κ1) is 19.5. The van der Waals surface area contributed by atoms with Crippen molar-refractivity contribution in [3.63, 3.8) is 0 Å². The van der Waals surface area contributed by atoms with Crippen LogP contribution in [0, 0.1) is 5.82 Å². The predicted octanol–water partition coefficient (Wildman–Crippen LogP) is 4.63. The first-order valence-corrected chi connectivity index (χ1v) is 9.43. The number of aromatic nitrogens is 1. The summed E-state index contributed by atoms with van der Waals surface area (Å²) in [6.07, 6.45) is 1.79. The molecule has 144 valence electrons. The number of hydrogen-bond donors (Lipinski definition) is 1. The molecular formula is C20H18FN3O3S. The molecule has 0 radical (unpaired) electrons. The van der Waals surface area contributed by atoms with Crippen molar-refractivity contribution in [2.75, 3.05) is 12.0 Å². The van der Waals surface area contributed by atoms with Crippen LogP contribution in [0.5, 0.6) is 11.5 Å². The maximum absolute atomic E-state index is 12.9. The molecule has 3 rings (SSSR count). The Balaban J connectivity index is 1.51. The largest absolute Gasteiger partial charge is 0.466 e. The number of nitrogens with one attached hydrogen (secondary N) is 1. The molecule has 0 aliphatic heterocycles. The average Bonchev–Trinajstić information content (AvgIpc) is 3.12. The van der Waals surface area contributed by atoms with Crippen LogP contribution in [0.15, 0.2) is 59.0 Å². The quantitative estimate of drug-likeness (QED) is 0.340. The SMILES string of the molecule is CCOC(=O)Cc1csc(NN=Cc2ccc(Oc3ccc(F)cc3)cc2)n1. The standard InChI is InChI=1S/C20H18FN3O3S/c1-2-26-19(25)11-16-13-28-20(23-16)24-22-12-14-3-7-17(8-4-14)27-18-9-5-15(21)6-10-18/h3-10,12-13H,2,11H2,1H3,(H,23,24). The average molecular weight is 399 g/mol. The number of benzene rings is 2. The number of nitrogens with zero attached hydrogens (tertiary/aromatic N) is 2. The Labute approximate surface area is 165 Å². The summed E-state index contributed by atoms with van der Waals surface area (Å²) in [5, 5.41) is 6.52. The van der Waals surface area contributed by atoms with E-state index in [4.69, 9.17) is 9.47 Å². The van der Waals surface area contributed by atoms with Crippen LogP contribution in [0.4, 0.5) is 9.52 Å². The fourth-order valence-corrected chi connectivity index (χ4v) is 2.88. The van der Waals surface area contributed by atoms with Gasteiger partial charge in [0.1, 0.15) is 17.3 Å². The van der Waals surface area contributed by atoms with Gasteiger partial charge in [0.2, 0.25) is 5.13 Å². The molecule has 0 saturated carbocycles. The summed E-state index contributed by atoms with van der Waals surface area (Å²) in [5.74, 6) is 0.595. The Bertz CT molecular complexity index is 940. The first-order chi connectivity index (χ1) is 13.6. The highest BCUT2D eigenvalue weighted by molar-refractivity contribution is 7.13. The smallest absolute Gasteiger partial charge is 0.311 e. The Kier molecular flexibility index (Phi) is 6.69. The maximum Gasteiger partial charge on any atom is 0.311 e. The lowest BCUT2D eigenvalue weighted by Gasteiger charge is -2.05. The van der Waals surface area contributed by atoms with E-state index in [2.05, 4.69) is 15.5 Å². The number of carbonyl (C=O) groups excluding carboxylic acids is 1. The monoisotopic (exact) mass is 399 g/mol. The number of hydrazone groups is 1. The van der Waals surface area contributed by atoms with Crippen molar-refractivity contribution in [2.45, 2.75) is 13.3 Å². The van der Waals surface area contributed by atoms with Gasteiger partial charge in [0.25, 0.3) is 0 Å². The van der Waals surface area contributed by atoms with E-state index in [0.29, 0.717) is 28.9 Å². The zero-order chi connectivity index (χ0) is 19.8. The van der Waals surface area contributed by atoms with Crippen LogP contribution in [-0.2, 0) is 16.0 Å². The number of ether oxygens (including phenoxy) is 2. The molecule has 6 nitrogen and oxygen atoms in total. The summed E-state index contributed by atoms with van der Waals surface area (Å²) in [6.45, 7) is 2.12. The van der Waals surface area contributed by atoms with Crippen molar-refractivity contribution < 1.29 is 18.7 Å². The van der Waals surface area contributed by atoms with E-state index < -0.39 is 0 Å². The Morgan fingerprint density at radius 3 is 2.54 bits per heavy atom. The highest BCUT2D eigenvalue weighted by Crippen LogP contribution is 2.21. The minimum Gasteiger partial charge on any atom is -0.466 e. The molecule has 1 aromatic heterocycles. The minimum atomic E-state index is -0.306. The molecule has 3 aromatic rings. The van der Waals surface area contributed by atoms with Gasteiger partial charge in [-0.2, -0.15) is 5.10 Å². The van der Waals surface area contributed by atoms with Crippen molar-refractivity contribution in [3.05, 3.63) is 71.0 Å². The van der Waals surface area contributed by atoms with E-state index in [-0.39, 0.29) is 18.2 Å². The third kappa shape index (κ3) is 5.88. The highest BCUT2D eigenvalue weighted by atomic mass is 32.1. The van der Waals surface area contributed by atoms with Crippen LogP contribution in [0.2, 0.25) is 0 Å². The summed E-state index contributed by atoms with van der Waals surface area (Å²) in [4.78, 5) is 15.7. The van der Waals surface area contributed by atoms with Gasteiger partial charge in [0.05, 0.1) is 24.9 Å². The minimum absolute atomic E-state index is 0.144. The molecule has 0 unspecified atom stereocenters. The van der Waals surface area contributed by atoms with Crippen molar-refractivity contribution in [2.24, 2.45) is 5.10 Å². The van der Waals surface area contributed by atoms with E-state index in [1.807, 2.05) is 12.1 Å². The second-order valence-corrected chi connectivity index (χ2v) is 6.48. The summed E-state index contributed by atoms with van der Waals surface area (Å²) < 4.78 is 23.4.